The Morgan fingerprint density at radius 1 is 1.33 bits per heavy atom. The number of nitrogens with one attached hydrogen (secondary N) is 1. The van der Waals surface area contributed by atoms with E-state index in [1.54, 1.807) is 24.8 Å². The largest absolute Gasteiger partial charge is 0.496 e. The Balaban J connectivity index is 1.88. The quantitative estimate of drug-likeness (QED) is 0.724. The molecular weight excluding hydrogens is 284 g/mol. The number of nitrogens with two attached hydrogens (primary N) is 1. The highest BCUT2D eigenvalue weighted by molar-refractivity contribution is 7.18. The van der Waals surface area contributed by atoms with Crippen molar-refractivity contribution in [3.05, 3.63) is 41.0 Å². The van der Waals surface area contributed by atoms with Gasteiger partial charge in [-0.3, -0.25) is 0 Å². The predicted octanol–water partition coefficient (Wildman–Crippen LogP) is 3.20. The van der Waals surface area contributed by atoms with Crippen molar-refractivity contribution >= 4 is 33.1 Å². The molecule has 3 aromatic rings. The number of nitrogens with zero attached hydrogens (tertiary/aromatic N) is 2. The lowest BCUT2D eigenvalue weighted by molar-refractivity contribution is 0.410. The summed E-state index contributed by atoms with van der Waals surface area (Å²) in [5, 5.41) is 5.43. The molecule has 0 bridgehead atoms. The Kier molecular flexibility index (Phi) is 3.62. The van der Waals surface area contributed by atoms with Gasteiger partial charge in [0.25, 0.3) is 0 Å². The predicted molar refractivity (Wildman–Crippen MR) is 86.9 cm³/mol. The van der Waals surface area contributed by atoms with Crippen molar-refractivity contribution in [1.82, 2.24) is 9.97 Å². The Hall–Kier alpha value is -2.34. The fourth-order valence-electron chi connectivity index (χ4n) is 2.21. The second-order valence-electron chi connectivity index (χ2n) is 4.74. The molecule has 21 heavy (non-hydrogen) atoms. The standard InChI is InChI=1S/C15H16N4OS/c1-9-7-21-14-13(9)18-8-19-15(14)17-6-10-5-11(16)3-4-12(10)20-2/h3-5,7-8H,6,16H2,1-2H3,(H,17,18,19). The van der Waals surface area contributed by atoms with Gasteiger partial charge in [-0.2, -0.15) is 0 Å². The van der Waals surface area contributed by atoms with Gasteiger partial charge >= 0.3 is 0 Å². The van der Waals surface area contributed by atoms with Crippen molar-refractivity contribution in [1.29, 1.82) is 0 Å². The average Bonchev–Trinajstić information content (AvgIpc) is 2.87. The molecule has 3 N–H and O–H groups in total. The molecule has 2 aromatic heterocycles. The molecule has 0 atom stereocenters. The van der Waals surface area contributed by atoms with Crippen LogP contribution in [0.4, 0.5) is 11.5 Å². The van der Waals surface area contributed by atoms with Crippen LogP contribution in [0, 0.1) is 6.92 Å². The maximum Gasteiger partial charge on any atom is 0.147 e. The summed E-state index contributed by atoms with van der Waals surface area (Å²) in [6.45, 7) is 2.65. The number of thiophene rings is 1. The molecule has 0 spiro atoms. The van der Waals surface area contributed by atoms with E-state index in [2.05, 4.69) is 27.6 Å². The number of nitrogen functional groups attached to an aromatic ring is 1. The fraction of sp³-hybridized carbons (Fsp3) is 0.200. The highest BCUT2D eigenvalue weighted by Gasteiger charge is 2.09. The number of aryl methyl sites for hydroxylation is 1. The van der Waals surface area contributed by atoms with Crippen LogP contribution in [-0.2, 0) is 6.54 Å². The van der Waals surface area contributed by atoms with E-state index in [-0.39, 0.29) is 0 Å². The number of anilines is 2. The molecule has 0 amide bonds. The lowest BCUT2D eigenvalue weighted by atomic mass is 10.1. The van der Waals surface area contributed by atoms with Crippen LogP contribution in [0.2, 0.25) is 0 Å². The maximum atomic E-state index is 5.84. The maximum absolute atomic E-state index is 5.84. The fourth-order valence-corrected chi connectivity index (χ4v) is 3.18. The second kappa shape index (κ2) is 5.57. The van der Waals surface area contributed by atoms with E-state index in [0.29, 0.717) is 12.2 Å². The molecule has 0 fully saturated rings. The van der Waals surface area contributed by atoms with Crippen LogP contribution in [0.15, 0.2) is 29.9 Å². The molecule has 3 rings (SSSR count). The van der Waals surface area contributed by atoms with Gasteiger partial charge < -0.3 is 15.8 Å². The van der Waals surface area contributed by atoms with Crippen LogP contribution in [0.25, 0.3) is 10.2 Å². The first kappa shape index (κ1) is 13.6. The van der Waals surface area contributed by atoms with Crippen molar-refractivity contribution in [2.45, 2.75) is 13.5 Å². The summed E-state index contributed by atoms with van der Waals surface area (Å²) in [7, 11) is 1.65. The molecule has 0 saturated heterocycles. The van der Waals surface area contributed by atoms with Crippen molar-refractivity contribution < 1.29 is 4.74 Å². The van der Waals surface area contributed by atoms with Crippen molar-refractivity contribution in [3.8, 4) is 5.75 Å². The first-order chi connectivity index (χ1) is 10.2. The van der Waals surface area contributed by atoms with E-state index in [0.717, 1.165) is 27.3 Å². The van der Waals surface area contributed by atoms with Gasteiger partial charge in [0, 0.05) is 17.8 Å². The monoisotopic (exact) mass is 300 g/mol. The summed E-state index contributed by atoms with van der Waals surface area (Å²) < 4.78 is 6.42. The van der Waals surface area contributed by atoms with E-state index < -0.39 is 0 Å². The summed E-state index contributed by atoms with van der Waals surface area (Å²) in [4.78, 5) is 8.65. The third-order valence-corrected chi connectivity index (χ3v) is 4.38. The van der Waals surface area contributed by atoms with Gasteiger partial charge in [-0.05, 0) is 36.1 Å². The molecule has 1 aromatic carbocycles. The SMILES string of the molecule is COc1ccc(N)cc1CNc1ncnc2c(C)csc12. The zero-order chi connectivity index (χ0) is 14.8. The first-order valence-electron chi connectivity index (χ1n) is 6.54. The number of hydrogen-bond acceptors (Lipinski definition) is 6. The van der Waals surface area contributed by atoms with Gasteiger partial charge in [0.2, 0.25) is 0 Å². The topological polar surface area (TPSA) is 73.1 Å². The van der Waals surface area contributed by atoms with E-state index in [1.165, 1.54) is 5.56 Å². The van der Waals surface area contributed by atoms with E-state index >= 15 is 0 Å². The van der Waals surface area contributed by atoms with E-state index in [1.807, 2.05) is 18.2 Å². The summed E-state index contributed by atoms with van der Waals surface area (Å²) in [6.07, 6.45) is 1.58. The minimum Gasteiger partial charge on any atom is -0.496 e. The number of ether oxygens (including phenoxy) is 1. The number of aromatic nitrogens is 2. The molecule has 0 aliphatic heterocycles. The lowest BCUT2D eigenvalue weighted by Gasteiger charge is -2.11. The van der Waals surface area contributed by atoms with E-state index in [4.69, 9.17) is 10.5 Å². The van der Waals surface area contributed by atoms with Crippen molar-refractivity contribution in [3.63, 3.8) is 0 Å². The molecule has 108 valence electrons. The normalized spacial score (nSPS) is 10.8. The van der Waals surface area contributed by atoms with Crippen LogP contribution >= 0.6 is 11.3 Å². The second-order valence-corrected chi connectivity index (χ2v) is 5.62. The van der Waals surface area contributed by atoms with Crippen LogP contribution in [0.5, 0.6) is 5.75 Å². The summed E-state index contributed by atoms with van der Waals surface area (Å²) in [6, 6.07) is 5.61. The van der Waals surface area contributed by atoms with Gasteiger partial charge in [-0.1, -0.05) is 0 Å². The third kappa shape index (κ3) is 2.62. The average molecular weight is 300 g/mol. The third-order valence-electron chi connectivity index (χ3n) is 3.28. The molecule has 6 heteroatoms. The first-order valence-corrected chi connectivity index (χ1v) is 7.42. The molecular formula is C15H16N4OS. The summed E-state index contributed by atoms with van der Waals surface area (Å²) in [5.41, 5.74) is 9.72. The van der Waals surface area contributed by atoms with Crippen LogP contribution in [0.3, 0.4) is 0 Å². The summed E-state index contributed by atoms with van der Waals surface area (Å²) in [5.74, 6) is 1.65. The van der Waals surface area contributed by atoms with Crippen LogP contribution < -0.4 is 15.8 Å². The van der Waals surface area contributed by atoms with Gasteiger partial charge in [-0.25, -0.2) is 9.97 Å². The van der Waals surface area contributed by atoms with Gasteiger partial charge in [0.15, 0.2) is 0 Å². The van der Waals surface area contributed by atoms with Gasteiger partial charge in [0.05, 0.1) is 17.3 Å². The van der Waals surface area contributed by atoms with Gasteiger partial charge in [0.1, 0.15) is 17.9 Å². The molecule has 5 nitrogen and oxygen atoms in total. The number of benzene rings is 1. The van der Waals surface area contributed by atoms with Crippen molar-refractivity contribution in [2.75, 3.05) is 18.2 Å². The minimum atomic E-state index is 0.595. The molecule has 0 aliphatic carbocycles. The zero-order valence-corrected chi connectivity index (χ0v) is 12.7. The molecule has 2 heterocycles. The van der Waals surface area contributed by atoms with Gasteiger partial charge in [-0.15, -0.1) is 11.3 Å². The van der Waals surface area contributed by atoms with Crippen LogP contribution in [0.1, 0.15) is 11.1 Å². The molecule has 0 unspecified atom stereocenters. The highest BCUT2D eigenvalue weighted by atomic mass is 32.1. The Bertz CT molecular complexity index is 784. The molecule has 0 aliphatic rings. The lowest BCUT2D eigenvalue weighted by Crippen LogP contribution is -2.04. The van der Waals surface area contributed by atoms with Crippen molar-refractivity contribution in [2.24, 2.45) is 0 Å². The van der Waals surface area contributed by atoms with Crippen LogP contribution in [-0.4, -0.2) is 17.1 Å². The zero-order valence-electron chi connectivity index (χ0n) is 11.9. The Labute approximate surface area is 126 Å². The highest BCUT2D eigenvalue weighted by Crippen LogP contribution is 2.29. The smallest absolute Gasteiger partial charge is 0.147 e. The molecule has 0 saturated carbocycles. The number of rotatable bonds is 4. The number of methoxy groups -OCH3 is 1. The Morgan fingerprint density at radius 3 is 3.00 bits per heavy atom. The molecule has 0 radical (unpaired) electrons. The number of hydrogen-bond donors (Lipinski definition) is 2. The number of fused-ring (bicyclic) bond motifs is 1. The van der Waals surface area contributed by atoms with E-state index in [9.17, 15) is 0 Å². The minimum absolute atomic E-state index is 0.595. The summed E-state index contributed by atoms with van der Waals surface area (Å²) >= 11 is 1.65. The Morgan fingerprint density at radius 2 is 2.19 bits per heavy atom.